The van der Waals surface area contributed by atoms with E-state index in [4.69, 9.17) is 15.6 Å². The summed E-state index contributed by atoms with van der Waals surface area (Å²) >= 11 is 0. The molecule has 3 aromatic carbocycles. The summed E-state index contributed by atoms with van der Waals surface area (Å²) in [6.07, 6.45) is 9.01. The maximum Gasteiger partial charge on any atom is 0.264 e. The van der Waals surface area contributed by atoms with Crippen molar-refractivity contribution in [3.8, 4) is 22.8 Å². The molecule has 17 heteroatoms. The van der Waals surface area contributed by atoms with Gasteiger partial charge in [-0.15, -0.1) is 0 Å². The molecule has 5 fully saturated rings. The molecule has 5 amide bonds. The van der Waals surface area contributed by atoms with Gasteiger partial charge < -0.3 is 30.5 Å². The van der Waals surface area contributed by atoms with Crippen molar-refractivity contribution in [3.63, 3.8) is 0 Å². The zero-order valence-electron chi connectivity index (χ0n) is 38.8. The first-order valence-electron chi connectivity index (χ1n) is 24.8. The van der Waals surface area contributed by atoms with E-state index in [0.717, 1.165) is 116 Å². The standard InChI is InChI=1S/C52H59N11O6/c53-47-45-46(34-9-11-38(12-10-34)69-37-5-2-1-3-6-37)58-63(48(45)56-31-55-47)36-20-24-59(25-21-36)30-32-17-26-60(27-18-32)51(67)42-29-35(33-15-22-54-23-16-33)19-28-61(42)40-8-4-7-39-44(40)52(68)62(50(39)66)41-13-14-43(64)57-49(41)65/h1-12,31-33,35-36,41-42,54H,13-30H2,(H2,53,55,56)(H,57,64,65). The minimum atomic E-state index is -1.06. The molecule has 11 rings (SSSR count). The number of carbonyl (C=O) groups is 5. The number of hydrogen-bond acceptors (Lipinski definition) is 13. The van der Waals surface area contributed by atoms with Crippen LogP contribution in [0.2, 0.25) is 0 Å². The van der Waals surface area contributed by atoms with Crippen molar-refractivity contribution in [1.29, 1.82) is 0 Å². The zero-order valence-corrected chi connectivity index (χ0v) is 38.8. The number of nitrogens with zero attached hydrogens (tertiary/aromatic N) is 8. The fourth-order valence-electron chi connectivity index (χ4n) is 12.0. The first kappa shape index (κ1) is 44.8. The molecule has 358 valence electrons. The fourth-order valence-corrected chi connectivity index (χ4v) is 12.0. The molecule has 0 saturated carbocycles. The number of imide groups is 2. The van der Waals surface area contributed by atoms with Gasteiger partial charge in [0.2, 0.25) is 17.7 Å². The van der Waals surface area contributed by atoms with Gasteiger partial charge in [-0.1, -0.05) is 24.3 Å². The van der Waals surface area contributed by atoms with E-state index < -0.39 is 35.7 Å². The van der Waals surface area contributed by atoms with Crippen LogP contribution in [0.1, 0.15) is 91.0 Å². The Morgan fingerprint density at radius 2 is 1.51 bits per heavy atom. The van der Waals surface area contributed by atoms with Gasteiger partial charge in [0.25, 0.3) is 11.8 Å². The summed E-state index contributed by atoms with van der Waals surface area (Å²) in [6.45, 7) is 6.67. The van der Waals surface area contributed by atoms with Crippen molar-refractivity contribution >= 4 is 52.1 Å². The highest BCUT2D eigenvalue weighted by Gasteiger charge is 2.48. The molecule has 69 heavy (non-hydrogen) atoms. The van der Waals surface area contributed by atoms with Crippen LogP contribution in [0, 0.1) is 17.8 Å². The Morgan fingerprint density at radius 1 is 0.754 bits per heavy atom. The SMILES string of the molecule is Nc1ncnc2c1c(-c1ccc(Oc3ccccc3)cc1)nn2C1CCN(CC2CCN(C(=O)C3CC(C4CCNCC4)CCN3c3cccc4c3C(=O)N(C3CCC(=O)NC3=O)C4=O)CC2)CC1. The average molecular weight is 934 g/mol. The molecule has 0 bridgehead atoms. The van der Waals surface area contributed by atoms with Crippen LogP contribution in [0.5, 0.6) is 11.5 Å². The number of aromatic nitrogens is 4. The Bertz CT molecular complexity index is 2760. The maximum atomic E-state index is 14.9. The largest absolute Gasteiger partial charge is 0.457 e. The van der Waals surface area contributed by atoms with Crippen LogP contribution in [0.3, 0.4) is 0 Å². The van der Waals surface area contributed by atoms with Crippen molar-refractivity contribution in [3.05, 3.63) is 90.3 Å². The molecule has 3 unspecified atom stereocenters. The van der Waals surface area contributed by atoms with Gasteiger partial charge in [-0.3, -0.25) is 34.2 Å². The lowest BCUT2D eigenvalue weighted by molar-refractivity contribution is -0.136. The van der Waals surface area contributed by atoms with E-state index in [1.807, 2.05) is 65.6 Å². The summed E-state index contributed by atoms with van der Waals surface area (Å²) in [7, 11) is 0. The number of ether oxygens (including phenoxy) is 1. The predicted molar refractivity (Wildman–Crippen MR) is 258 cm³/mol. The molecule has 4 N–H and O–H groups in total. The van der Waals surface area contributed by atoms with Crippen molar-refractivity contribution < 1.29 is 28.7 Å². The lowest BCUT2D eigenvalue weighted by atomic mass is 9.76. The first-order chi connectivity index (χ1) is 33.7. The fraction of sp³-hybridized carbons (Fsp3) is 0.462. The second kappa shape index (κ2) is 19.0. The van der Waals surface area contributed by atoms with E-state index >= 15 is 0 Å². The van der Waals surface area contributed by atoms with Crippen molar-refractivity contribution in [2.45, 2.75) is 82.3 Å². The Kier molecular flexibility index (Phi) is 12.3. The summed E-state index contributed by atoms with van der Waals surface area (Å²) in [5, 5.41) is 11.7. The minimum absolute atomic E-state index is 0.0493. The summed E-state index contributed by atoms with van der Waals surface area (Å²) in [4.78, 5) is 84.5. The second-order valence-electron chi connectivity index (χ2n) is 19.7. The number of fused-ring (bicyclic) bond motifs is 2. The molecular weight excluding hydrogens is 875 g/mol. The first-order valence-corrected chi connectivity index (χ1v) is 24.8. The summed E-state index contributed by atoms with van der Waals surface area (Å²) in [5.41, 5.74) is 9.94. The van der Waals surface area contributed by atoms with Crippen molar-refractivity contribution in [2.24, 2.45) is 17.8 Å². The van der Waals surface area contributed by atoms with Gasteiger partial charge in [-0.2, -0.15) is 5.10 Å². The normalized spacial score (nSPS) is 23.4. The molecule has 0 radical (unpaired) electrons. The maximum absolute atomic E-state index is 14.9. The number of hydrogen-bond donors (Lipinski definition) is 3. The van der Waals surface area contributed by atoms with E-state index in [1.165, 1.54) is 6.33 Å². The Hall–Kier alpha value is -6.72. The number of rotatable bonds is 10. The highest BCUT2D eigenvalue weighted by atomic mass is 16.5. The average Bonchev–Trinajstić information content (AvgIpc) is 3.90. The summed E-state index contributed by atoms with van der Waals surface area (Å²) < 4.78 is 8.08. The Balaban J connectivity index is 0.744. The molecule has 3 atom stereocenters. The molecule has 2 aromatic heterocycles. The van der Waals surface area contributed by atoms with E-state index in [-0.39, 0.29) is 35.9 Å². The molecule has 0 aliphatic carbocycles. The number of amides is 5. The number of nitrogens with two attached hydrogens (primary N) is 1. The van der Waals surface area contributed by atoms with Gasteiger partial charge >= 0.3 is 0 Å². The molecule has 8 heterocycles. The van der Waals surface area contributed by atoms with Crippen LogP contribution >= 0.6 is 0 Å². The molecule has 5 aromatic rings. The van der Waals surface area contributed by atoms with Gasteiger partial charge in [-0.05, 0) is 137 Å². The van der Waals surface area contributed by atoms with Crippen LogP contribution in [-0.4, -0.2) is 128 Å². The number of para-hydroxylation sites is 1. The zero-order chi connectivity index (χ0) is 47.2. The van der Waals surface area contributed by atoms with E-state index in [2.05, 4.69) is 35.1 Å². The number of nitrogen functional groups attached to an aromatic ring is 1. The molecule has 0 spiro atoms. The highest BCUT2D eigenvalue weighted by molar-refractivity contribution is 6.25. The Morgan fingerprint density at radius 3 is 2.26 bits per heavy atom. The number of piperidine rings is 5. The van der Waals surface area contributed by atoms with Gasteiger partial charge in [0.05, 0.1) is 28.2 Å². The van der Waals surface area contributed by atoms with Crippen molar-refractivity contribution in [1.82, 2.24) is 45.1 Å². The van der Waals surface area contributed by atoms with Crippen LogP contribution in [0.25, 0.3) is 22.3 Å². The topological polar surface area (TPSA) is 201 Å². The second-order valence-corrected chi connectivity index (χ2v) is 19.7. The quantitative estimate of drug-likeness (QED) is 0.150. The van der Waals surface area contributed by atoms with E-state index in [1.54, 1.807) is 12.1 Å². The number of benzene rings is 3. The summed E-state index contributed by atoms with van der Waals surface area (Å²) in [6, 6.07) is 21.4. The third kappa shape index (κ3) is 8.71. The lowest BCUT2D eigenvalue weighted by Gasteiger charge is -2.46. The molecule has 6 aliphatic heterocycles. The van der Waals surface area contributed by atoms with E-state index in [0.29, 0.717) is 55.3 Å². The van der Waals surface area contributed by atoms with Crippen LogP contribution < -0.4 is 26.0 Å². The van der Waals surface area contributed by atoms with E-state index in [9.17, 15) is 24.0 Å². The lowest BCUT2D eigenvalue weighted by Crippen LogP contribution is -2.56. The number of nitrogens with one attached hydrogen (secondary N) is 2. The molecule has 5 saturated heterocycles. The van der Waals surface area contributed by atoms with Crippen molar-refractivity contribution in [2.75, 3.05) is 63.0 Å². The van der Waals surface area contributed by atoms with Crippen LogP contribution in [0.4, 0.5) is 11.5 Å². The molecule has 17 nitrogen and oxygen atoms in total. The number of anilines is 2. The van der Waals surface area contributed by atoms with Gasteiger partial charge in [-0.25, -0.2) is 14.6 Å². The van der Waals surface area contributed by atoms with Crippen LogP contribution in [0.15, 0.2) is 79.1 Å². The van der Waals surface area contributed by atoms with Gasteiger partial charge in [0.15, 0.2) is 5.65 Å². The number of carbonyl (C=O) groups excluding carboxylic acids is 5. The highest BCUT2D eigenvalue weighted by Crippen LogP contribution is 2.42. The predicted octanol–water partition coefficient (Wildman–Crippen LogP) is 5.43. The van der Waals surface area contributed by atoms with Gasteiger partial charge in [0.1, 0.15) is 41.4 Å². The smallest absolute Gasteiger partial charge is 0.264 e. The summed E-state index contributed by atoms with van der Waals surface area (Å²) in [5.74, 6) is 1.18. The molecular formula is C52H59N11O6. The Labute approximate surface area is 400 Å². The molecule has 6 aliphatic rings. The van der Waals surface area contributed by atoms with Gasteiger partial charge in [0, 0.05) is 51.3 Å². The minimum Gasteiger partial charge on any atom is -0.457 e. The monoisotopic (exact) mass is 933 g/mol. The van der Waals surface area contributed by atoms with Crippen LogP contribution in [-0.2, 0) is 14.4 Å². The third-order valence-corrected chi connectivity index (χ3v) is 15.7. The number of likely N-dealkylation sites (tertiary alicyclic amines) is 2. The third-order valence-electron chi connectivity index (χ3n) is 15.7.